The summed E-state index contributed by atoms with van der Waals surface area (Å²) in [5.74, 6) is -1.63. The number of alkyl halides is 3. The van der Waals surface area contributed by atoms with E-state index in [0.29, 0.717) is 16.4 Å². The van der Waals surface area contributed by atoms with Crippen LogP contribution in [0.5, 0.6) is 0 Å². The Bertz CT molecular complexity index is 560. The second kappa shape index (κ2) is 5.71. The van der Waals surface area contributed by atoms with Gasteiger partial charge in [0.1, 0.15) is 12.4 Å². The minimum absolute atomic E-state index is 0.215. The number of anilines is 1. The SMILES string of the molecule is Cc1cccc(NC(=O)C2CC(=O)N(CC(F)(F)F)C2)n1. The molecule has 1 aromatic rings. The van der Waals surface area contributed by atoms with E-state index in [9.17, 15) is 22.8 Å². The lowest BCUT2D eigenvalue weighted by Gasteiger charge is -2.18. The number of hydrogen-bond acceptors (Lipinski definition) is 3. The van der Waals surface area contributed by atoms with E-state index in [-0.39, 0.29) is 13.0 Å². The summed E-state index contributed by atoms with van der Waals surface area (Å²) in [4.78, 5) is 28.2. The molecule has 2 heterocycles. The highest BCUT2D eigenvalue weighted by molar-refractivity contribution is 5.96. The Kier molecular flexibility index (Phi) is 4.15. The van der Waals surface area contributed by atoms with Crippen LogP contribution in [0.2, 0.25) is 0 Å². The zero-order chi connectivity index (χ0) is 15.6. The monoisotopic (exact) mass is 301 g/mol. The second-order valence-electron chi connectivity index (χ2n) is 4.94. The van der Waals surface area contributed by atoms with Crippen LogP contribution >= 0.6 is 0 Å². The summed E-state index contributed by atoms with van der Waals surface area (Å²) in [6, 6.07) is 5.03. The zero-order valence-corrected chi connectivity index (χ0v) is 11.3. The first-order valence-corrected chi connectivity index (χ1v) is 6.33. The fourth-order valence-electron chi connectivity index (χ4n) is 2.16. The molecule has 114 valence electrons. The molecule has 0 spiro atoms. The molecule has 1 aliphatic rings. The van der Waals surface area contributed by atoms with Gasteiger partial charge in [-0.15, -0.1) is 0 Å². The highest BCUT2D eigenvalue weighted by Gasteiger charge is 2.40. The number of carbonyl (C=O) groups is 2. The standard InChI is InChI=1S/C13H14F3N3O2/c1-8-3-2-4-10(17-8)18-12(21)9-5-11(20)19(6-9)7-13(14,15)16/h2-4,9H,5-7H2,1H3,(H,17,18,21). The number of pyridine rings is 1. The van der Waals surface area contributed by atoms with E-state index >= 15 is 0 Å². The predicted molar refractivity (Wildman–Crippen MR) is 68.3 cm³/mol. The van der Waals surface area contributed by atoms with Crippen molar-refractivity contribution in [1.29, 1.82) is 0 Å². The Labute approximate surface area is 119 Å². The van der Waals surface area contributed by atoms with E-state index in [0.717, 1.165) is 0 Å². The first kappa shape index (κ1) is 15.3. The fourth-order valence-corrected chi connectivity index (χ4v) is 2.16. The maximum Gasteiger partial charge on any atom is 0.406 e. The summed E-state index contributed by atoms with van der Waals surface area (Å²) in [6.07, 6.45) is -4.67. The van der Waals surface area contributed by atoms with Crippen LogP contribution in [-0.2, 0) is 9.59 Å². The summed E-state index contributed by atoms with van der Waals surface area (Å²) in [7, 11) is 0. The van der Waals surface area contributed by atoms with Crippen molar-refractivity contribution in [3.8, 4) is 0 Å². The molecule has 2 rings (SSSR count). The Balaban J connectivity index is 1.97. The topological polar surface area (TPSA) is 62.3 Å². The van der Waals surface area contributed by atoms with Crippen LogP contribution in [0.25, 0.3) is 0 Å². The predicted octanol–water partition coefficient (Wildman–Crippen LogP) is 1.74. The molecular weight excluding hydrogens is 287 g/mol. The lowest BCUT2D eigenvalue weighted by Crippen LogP contribution is -2.36. The lowest BCUT2D eigenvalue weighted by atomic mass is 10.1. The van der Waals surface area contributed by atoms with Gasteiger partial charge in [-0.2, -0.15) is 13.2 Å². The van der Waals surface area contributed by atoms with Gasteiger partial charge in [0.15, 0.2) is 0 Å². The third-order valence-corrected chi connectivity index (χ3v) is 3.10. The van der Waals surface area contributed by atoms with Crippen molar-refractivity contribution < 1.29 is 22.8 Å². The molecule has 0 aromatic carbocycles. The van der Waals surface area contributed by atoms with Crippen molar-refractivity contribution in [2.24, 2.45) is 5.92 Å². The molecule has 1 aliphatic heterocycles. The van der Waals surface area contributed by atoms with Crippen molar-refractivity contribution >= 4 is 17.6 Å². The number of aryl methyl sites for hydroxylation is 1. The number of nitrogens with zero attached hydrogens (tertiary/aromatic N) is 2. The van der Waals surface area contributed by atoms with Gasteiger partial charge in [-0.1, -0.05) is 6.07 Å². The van der Waals surface area contributed by atoms with E-state index < -0.39 is 30.5 Å². The number of aromatic nitrogens is 1. The minimum atomic E-state index is -4.46. The lowest BCUT2D eigenvalue weighted by molar-refractivity contribution is -0.157. The molecule has 0 bridgehead atoms. The Hall–Kier alpha value is -2.12. The van der Waals surface area contributed by atoms with Gasteiger partial charge in [0.25, 0.3) is 0 Å². The smallest absolute Gasteiger partial charge is 0.333 e. The van der Waals surface area contributed by atoms with Crippen molar-refractivity contribution in [3.05, 3.63) is 23.9 Å². The molecule has 0 saturated carbocycles. The Morgan fingerprint density at radius 1 is 1.48 bits per heavy atom. The first-order valence-electron chi connectivity index (χ1n) is 6.33. The summed E-state index contributed by atoms with van der Waals surface area (Å²) in [6.45, 7) is 0.202. The van der Waals surface area contributed by atoms with Crippen molar-refractivity contribution in [2.45, 2.75) is 19.5 Å². The molecule has 1 aromatic heterocycles. The molecule has 1 fully saturated rings. The molecular formula is C13H14F3N3O2. The average Bonchev–Trinajstić information content (AvgIpc) is 2.69. The van der Waals surface area contributed by atoms with Crippen LogP contribution in [0.1, 0.15) is 12.1 Å². The quantitative estimate of drug-likeness (QED) is 0.925. The van der Waals surface area contributed by atoms with Gasteiger partial charge < -0.3 is 10.2 Å². The largest absolute Gasteiger partial charge is 0.406 e. The maximum absolute atomic E-state index is 12.3. The van der Waals surface area contributed by atoms with Crippen LogP contribution < -0.4 is 5.32 Å². The van der Waals surface area contributed by atoms with Gasteiger partial charge >= 0.3 is 6.18 Å². The van der Waals surface area contributed by atoms with Crippen molar-refractivity contribution in [1.82, 2.24) is 9.88 Å². The highest BCUT2D eigenvalue weighted by atomic mass is 19.4. The molecule has 1 unspecified atom stereocenters. The highest BCUT2D eigenvalue weighted by Crippen LogP contribution is 2.24. The number of likely N-dealkylation sites (tertiary alicyclic amines) is 1. The molecule has 2 amide bonds. The van der Waals surface area contributed by atoms with E-state index in [2.05, 4.69) is 10.3 Å². The van der Waals surface area contributed by atoms with Crippen LogP contribution in [0.3, 0.4) is 0 Å². The van der Waals surface area contributed by atoms with Gasteiger partial charge in [-0.25, -0.2) is 4.98 Å². The van der Waals surface area contributed by atoms with E-state index in [1.165, 1.54) is 0 Å². The van der Waals surface area contributed by atoms with Gasteiger partial charge in [0.2, 0.25) is 11.8 Å². The average molecular weight is 301 g/mol. The van der Waals surface area contributed by atoms with Gasteiger partial charge in [-0.3, -0.25) is 9.59 Å². The third-order valence-electron chi connectivity index (χ3n) is 3.10. The van der Waals surface area contributed by atoms with E-state index in [1.807, 2.05) is 0 Å². The van der Waals surface area contributed by atoms with Crippen molar-refractivity contribution in [3.63, 3.8) is 0 Å². The maximum atomic E-state index is 12.3. The summed E-state index contributed by atoms with van der Waals surface area (Å²) in [5.41, 5.74) is 0.703. The second-order valence-corrected chi connectivity index (χ2v) is 4.94. The molecule has 0 radical (unpaired) electrons. The number of nitrogens with one attached hydrogen (secondary N) is 1. The molecule has 1 N–H and O–H groups in total. The van der Waals surface area contributed by atoms with Crippen molar-refractivity contribution in [2.75, 3.05) is 18.4 Å². The van der Waals surface area contributed by atoms with Crippen LogP contribution in [0.4, 0.5) is 19.0 Å². The number of halogens is 3. The summed E-state index contributed by atoms with van der Waals surface area (Å²) >= 11 is 0. The Morgan fingerprint density at radius 2 is 2.19 bits per heavy atom. The summed E-state index contributed by atoms with van der Waals surface area (Å²) in [5, 5.41) is 2.52. The zero-order valence-electron chi connectivity index (χ0n) is 11.3. The minimum Gasteiger partial charge on any atom is -0.333 e. The molecule has 0 aliphatic carbocycles. The Morgan fingerprint density at radius 3 is 2.81 bits per heavy atom. The van der Waals surface area contributed by atoms with Crippen LogP contribution in [0, 0.1) is 12.8 Å². The number of amides is 2. The van der Waals surface area contributed by atoms with Gasteiger partial charge in [-0.05, 0) is 19.1 Å². The molecule has 8 heteroatoms. The van der Waals surface area contributed by atoms with Crippen LogP contribution in [-0.4, -0.2) is 41.0 Å². The molecule has 1 atom stereocenters. The number of rotatable bonds is 3. The normalized spacial score (nSPS) is 19.0. The number of hydrogen-bond donors (Lipinski definition) is 1. The van der Waals surface area contributed by atoms with Gasteiger partial charge in [0.05, 0.1) is 5.92 Å². The molecule has 1 saturated heterocycles. The number of carbonyl (C=O) groups excluding carboxylic acids is 2. The first-order chi connectivity index (χ1) is 9.74. The fraction of sp³-hybridized carbons (Fsp3) is 0.462. The van der Waals surface area contributed by atoms with E-state index in [1.54, 1.807) is 25.1 Å². The summed E-state index contributed by atoms with van der Waals surface area (Å²) < 4.78 is 36.9. The van der Waals surface area contributed by atoms with Crippen LogP contribution in [0.15, 0.2) is 18.2 Å². The van der Waals surface area contributed by atoms with E-state index in [4.69, 9.17) is 0 Å². The third kappa shape index (κ3) is 4.17. The molecule has 21 heavy (non-hydrogen) atoms. The van der Waals surface area contributed by atoms with Gasteiger partial charge in [0, 0.05) is 18.7 Å². The molecule has 5 nitrogen and oxygen atoms in total.